The van der Waals surface area contributed by atoms with E-state index >= 15 is 0 Å². The van der Waals surface area contributed by atoms with Crippen LogP contribution >= 0.6 is 35.3 Å². The van der Waals surface area contributed by atoms with Crippen molar-refractivity contribution < 1.29 is 4.79 Å². The molecule has 2 heterocycles. The van der Waals surface area contributed by atoms with E-state index in [1.165, 1.54) is 17.7 Å². The molecule has 0 radical (unpaired) electrons. The average Bonchev–Trinajstić information content (AvgIpc) is 3.50. The van der Waals surface area contributed by atoms with Crippen LogP contribution in [0.15, 0.2) is 52.8 Å². The first-order valence-corrected chi connectivity index (χ1v) is 11.6. The first-order valence-electron chi connectivity index (χ1n) is 10.7. The van der Waals surface area contributed by atoms with Crippen molar-refractivity contribution in [3.05, 3.63) is 58.3 Å². The number of guanidine groups is 1. The third-order valence-corrected chi connectivity index (χ3v) is 6.47. The van der Waals surface area contributed by atoms with E-state index in [0.29, 0.717) is 25.1 Å². The van der Waals surface area contributed by atoms with E-state index in [4.69, 9.17) is 0 Å². The lowest BCUT2D eigenvalue weighted by Crippen LogP contribution is -2.46. The largest absolute Gasteiger partial charge is 0.354 e. The van der Waals surface area contributed by atoms with Crippen LogP contribution in [-0.2, 0) is 11.3 Å². The highest BCUT2D eigenvalue weighted by Gasteiger charge is 2.24. The average molecular weight is 556 g/mol. The number of nitrogens with one attached hydrogen (secondary N) is 2. The molecule has 3 rings (SSSR count). The summed E-state index contributed by atoms with van der Waals surface area (Å²) in [5.41, 5.74) is 1.14. The maximum atomic E-state index is 12.7. The second-order valence-electron chi connectivity index (χ2n) is 7.47. The molecule has 1 saturated heterocycles. The fourth-order valence-corrected chi connectivity index (χ4v) is 4.67. The van der Waals surface area contributed by atoms with Gasteiger partial charge in [0.15, 0.2) is 5.96 Å². The Labute approximate surface area is 207 Å². The van der Waals surface area contributed by atoms with Gasteiger partial charge < -0.3 is 15.5 Å². The van der Waals surface area contributed by atoms with Crippen LogP contribution in [0.4, 0.5) is 0 Å². The molecule has 1 aromatic carbocycles. The summed E-state index contributed by atoms with van der Waals surface area (Å²) >= 11 is 1.80. The van der Waals surface area contributed by atoms with E-state index in [9.17, 15) is 4.79 Å². The molecule has 8 heteroatoms. The lowest BCUT2D eigenvalue weighted by atomic mass is 10.2. The Morgan fingerprint density at radius 3 is 2.52 bits per heavy atom. The van der Waals surface area contributed by atoms with Gasteiger partial charge in [0.25, 0.3) is 0 Å². The van der Waals surface area contributed by atoms with Crippen molar-refractivity contribution in [2.24, 2.45) is 4.99 Å². The van der Waals surface area contributed by atoms with Crippen LogP contribution in [-0.4, -0.2) is 61.4 Å². The normalized spacial score (nSPS) is 15.2. The molecule has 0 bridgehead atoms. The lowest BCUT2D eigenvalue weighted by Gasteiger charge is -2.28. The summed E-state index contributed by atoms with van der Waals surface area (Å²) in [4.78, 5) is 22.8. The van der Waals surface area contributed by atoms with E-state index in [1.807, 2.05) is 42.2 Å². The van der Waals surface area contributed by atoms with Gasteiger partial charge in [-0.3, -0.25) is 14.7 Å². The summed E-state index contributed by atoms with van der Waals surface area (Å²) < 4.78 is 0. The second-order valence-corrected chi connectivity index (χ2v) is 8.45. The number of halogens is 1. The van der Waals surface area contributed by atoms with Gasteiger partial charge >= 0.3 is 0 Å². The number of thiophene rings is 1. The number of nitrogens with zero attached hydrogens (tertiary/aromatic N) is 3. The smallest absolute Gasteiger partial charge is 0.242 e. The highest BCUT2D eigenvalue weighted by Crippen LogP contribution is 2.27. The van der Waals surface area contributed by atoms with Gasteiger partial charge in [0, 0.05) is 31.6 Å². The maximum Gasteiger partial charge on any atom is 0.242 e. The van der Waals surface area contributed by atoms with Gasteiger partial charge in [-0.15, -0.1) is 35.3 Å². The minimum atomic E-state index is 0. The fourth-order valence-electron chi connectivity index (χ4n) is 3.81. The van der Waals surface area contributed by atoms with E-state index in [1.54, 1.807) is 18.4 Å². The Morgan fingerprint density at radius 2 is 1.90 bits per heavy atom. The molecule has 1 aliphatic heterocycles. The molecule has 2 N–H and O–H groups in total. The highest BCUT2D eigenvalue weighted by atomic mass is 127. The number of rotatable bonds is 9. The number of likely N-dealkylation sites (tertiary alicyclic amines) is 1. The molecular weight excluding hydrogens is 521 g/mol. The molecular formula is C23H34IN5OS. The van der Waals surface area contributed by atoms with Crippen molar-refractivity contribution >= 4 is 47.2 Å². The topological polar surface area (TPSA) is 60.0 Å². The van der Waals surface area contributed by atoms with Crippen molar-refractivity contribution in [2.75, 3.05) is 39.8 Å². The Bertz CT molecular complexity index is 794. The highest BCUT2D eigenvalue weighted by molar-refractivity contribution is 14.0. The number of aliphatic imine (C=N–C) groups is 1. The van der Waals surface area contributed by atoms with Crippen molar-refractivity contribution in [1.82, 2.24) is 20.4 Å². The number of hydrogen-bond acceptors (Lipinski definition) is 4. The van der Waals surface area contributed by atoms with E-state index in [0.717, 1.165) is 25.2 Å². The van der Waals surface area contributed by atoms with Gasteiger partial charge in [0.05, 0.1) is 12.6 Å². The molecule has 6 nitrogen and oxygen atoms in total. The summed E-state index contributed by atoms with van der Waals surface area (Å²) in [7, 11) is 1.75. The monoisotopic (exact) mass is 555 g/mol. The molecule has 0 saturated carbocycles. The van der Waals surface area contributed by atoms with Gasteiger partial charge in [-0.25, -0.2) is 0 Å². The molecule has 31 heavy (non-hydrogen) atoms. The molecule has 1 amide bonds. The molecule has 2 aromatic rings. The van der Waals surface area contributed by atoms with Crippen molar-refractivity contribution in [1.29, 1.82) is 0 Å². The van der Waals surface area contributed by atoms with Crippen LogP contribution < -0.4 is 10.6 Å². The minimum Gasteiger partial charge on any atom is -0.354 e. The molecule has 1 atom stereocenters. The quantitative estimate of drug-likeness (QED) is 0.282. The Morgan fingerprint density at radius 1 is 1.16 bits per heavy atom. The lowest BCUT2D eigenvalue weighted by molar-refractivity contribution is -0.130. The predicted octanol–water partition coefficient (Wildman–Crippen LogP) is 3.72. The zero-order valence-corrected chi connectivity index (χ0v) is 21.6. The van der Waals surface area contributed by atoms with Crippen LogP contribution in [0.2, 0.25) is 0 Å². The Balaban J connectivity index is 0.00000341. The summed E-state index contributed by atoms with van der Waals surface area (Å²) in [5.74, 6) is 0.735. The molecule has 1 aliphatic rings. The third kappa shape index (κ3) is 7.76. The van der Waals surface area contributed by atoms with Crippen LogP contribution in [0.25, 0.3) is 0 Å². The summed E-state index contributed by atoms with van der Waals surface area (Å²) in [6, 6.07) is 14.7. The van der Waals surface area contributed by atoms with Gasteiger partial charge in [-0.05, 0) is 49.9 Å². The van der Waals surface area contributed by atoms with Gasteiger partial charge in [-0.1, -0.05) is 36.4 Å². The minimum absolute atomic E-state index is 0. The van der Waals surface area contributed by atoms with E-state index in [2.05, 4.69) is 38.0 Å². The number of amides is 1. The maximum absolute atomic E-state index is 12.7. The van der Waals surface area contributed by atoms with Crippen LogP contribution in [0.3, 0.4) is 0 Å². The van der Waals surface area contributed by atoms with Crippen LogP contribution in [0, 0.1) is 0 Å². The van der Waals surface area contributed by atoms with Crippen molar-refractivity contribution in [2.45, 2.75) is 32.4 Å². The Kier molecular flexibility index (Phi) is 11.3. The zero-order valence-electron chi connectivity index (χ0n) is 18.4. The summed E-state index contributed by atoms with van der Waals surface area (Å²) in [5, 5.41) is 8.76. The van der Waals surface area contributed by atoms with E-state index in [-0.39, 0.29) is 36.4 Å². The first kappa shape index (κ1) is 25.6. The van der Waals surface area contributed by atoms with Gasteiger partial charge in [-0.2, -0.15) is 0 Å². The zero-order chi connectivity index (χ0) is 21.2. The fraction of sp³-hybridized carbons (Fsp3) is 0.478. The van der Waals surface area contributed by atoms with Crippen LogP contribution in [0.5, 0.6) is 0 Å². The van der Waals surface area contributed by atoms with E-state index < -0.39 is 0 Å². The second kappa shape index (κ2) is 13.7. The Hall–Kier alpha value is -1.65. The number of carbonyl (C=O) groups is 1. The predicted molar refractivity (Wildman–Crippen MR) is 140 cm³/mol. The summed E-state index contributed by atoms with van der Waals surface area (Å²) in [6.45, 7) is 6.59. The standard InChI is InChI=1S/C23H33N5OS.HI/c1-3-27(18-19-10-5-4-6-11-19)22(29)17-26-23(24-2)25-16-20(21-12-9-15-30-21)28-13-7-8-14-28;/h4-6,9-12,15,20H,3,7-8,13-14,16-18H2,1-2H3,(H2,24,25,26);1H. The molecule has 1 aromatic heterocycles. The van der Waals surface area contributed by atoms with Gasteiger partial charge in [0.2, 0.25) is 5.91 Å². The molecule has 0 aliphatic carbocycles. The van der Waals surface area contributed by atoms with Gasteiger partial charge in [0.1, 0.15) is 0 Å². The number of benzene rings is 1. The van der Waals surface area contributed by atoms with Crippen molar-refractivity contribution in [3.8, 4) is 0 Å². The molecule has 1 fully saturated rings. The molecule has 170 valence electrons. The number of carbonyl (C=O) groups excluding carboxylic acids is 1. The number of hydrogen-bond donors (Lipinski definition) is 2. The van der Waals surface area contributed by atoms with Crippen molar-refractivity contribution in [3.63, 3.8) is 0 Å². The summed E-state index contributed by atoms with van der Waals surface area (Å²) in [6.07, 6.45) is 2.52. The third-order valence-electron chi connectivity index (χ3n) is 5.50. The first-order chi connectivity index (χ1) is 14.7. The number of likely N-dealkylation sites (N-methyl/N-ethyl adjacent to an activating group) is 1. The SMILES string of the molecule is CCN(Cc1ccccc1)C(=O)CNC(=NC)NCC(c1cccs1)N1CCCC1.I. The molecule has 0 spiro atoms. The van der Waals surface area contributed by atoms with Crippen LogP contribution in [0.1, 0.15) is 36.2 Å². The molecule has 1 unspecified atom stereocenters.